The molecule has 30 heavy (non-hydrogen) atoms. The van der Waals surface area contributed by atoms with Crippen molar-refractivity contribution in [2.45, 2.75) is 25.4 Å². The van der Waals surface area contributed by atoms with Gasteiger partial charge in [-0.2, -0.15) is 0 Å². The summed E-state index contributed by atoms with van der Waals surface area (Å²) in [6.45, 7) is 1.23. The molecule has 1 aromatic carbocycles. The maximum atomic E-state index is 13.1. The third-order valence-electron chi connectivity index (χ3n) is 5.21. The van der Waals surface area contributed by atoms with E-state index in [0.717, 1.165) is 18.5 Å². The lowest BCUT2D eigenvalue weighted by atomic mass is 10.3. The molecule has 1 aliphatic carbocycles. The quantitative estimate of drug-likeness (QED) is 0.649. The van der Waals surface area contributed by atoms with Crippen molar-refractivity contribution in [3.05, 3.63) is 48.3 Å². The summed E-state index contributed by atoms with van der Waals surface area (Å²) in [5.74, 6) is 0.653. The zero-order valence-corrected chi connectivity index (χ0v) is 17.8. The summed E-state index contributed by atoms with van der Waals surface area (Å²) in [7, 11) is 5.14. The van der Waals surface area contributed by atoms with Crippen molar-refractivity contribution in [3.63, 3.8) is 0 Å². The van der Waals surface area contributed by atoms with Crippen LogP contribution in [-0.4, -0.2) is 66.3 Å². The number of methoxy groups -OCH3 is 2. The summed E-state index contributed by atoms with van der Waals surface area (Å²) in [4.78, 5) is 29.3. The second kappa shape index (κ2) is 10.2. The van der Waals surface area contributed by atoms with Gasteiger partial charge in [-0.15, -0.1) is 0 Å². The molecular formula is C22H30N4O4. The molecule has 3 amide bonds. The number of benzene rings is 1. The van der Waals surface area contributed by atoms with Crippen LogP contribution in [0, 0.1) is 0 Å². The van der Waals surface area contributed by atoms with Crippen molar-refractivity contribution >= 4 is 17.6 Å². The molecule has 1 saturated carbocycles. The van der Waals surface area contributed by atoms with Gasteiger partial charge in [0.1, 0.15) is 12.3 Å². The van der Waals surface area contributed by atoms with Gasteiger partial charge in [0, 0.05) is 44.3 Å². The summed E-state index contributed by atoms with van der Waals surface area (Å²) in [6, 6.07) is 11.0. The zero-order valence-electron chi connectivity index (χ0n) is 17.8. The highest BCUT2D eigenvalue weighted by molar-refractivity contribution is 5.92. The lowest BCUT2D eigenvalue weighted by Gasteiger charge is -2.28. The molecule has 0 aliphatic heterocycles. The number of amides is 3. The van der Waals surface area contributed by atoms with Gasteiger partial charge in [-0.3, -0.25) is 4.79 Å². The van der Waals surface area contributed by atoms with E-state index >= 15 is 0 Å². The summed E-state index contributed by atoms with van der Waals surface area (Å²) < 4.78 is 12.3. The number of aromatic nitrogens is 1. The van der Waals surface area contributed by atoms with Gasteiger partial charge >= 0.3 is 6.03 Å². The minimum Gasteiger partial charge on any atom is -0.497 e. The molecule has 3 rings (SSSR count). The highest BCUT2D eigenvalue weighted by Gasteiger charge is 2.34. The van der Waals surface area contributed by atoms with Crippen molar-refractivity contribution in [1.82, 2.24) is 14.4 Å². The van der Waals surface area contributed by atoms with Crippen LogP contribution in [0.15, 0.2) is 42.6 Å². The molecule has 0 atom stereocenters. The van der Waals surface area contributed by atoms with Gasteiger partial charge in [-0.25, -0.2) is 4.79 Å². The first-order chi connectivity index (χ1) is 14.5. The monoisotopic (exact) mass is 414 g/mol. The summed E-state index contributed by atoms with van der Waals surface area (Å²) in [5.41, 5.74) is 1.71. The van der Waals surface area contributed by atoms with Crippen LogP contribution in [-0.2, 0) is 23.1 Å². The molecule has 1 fully saturated rings. The van der Waals surface area contributed by atoms with Crippen LogP contribution in [0.1, 0.15) is 18.5 Å². The molecule has 0 saturated heterocycles. The van der Waals surface area contributed by atoms with Crippen LogP contribution in [0.3, 0.4) is 0 Å². The van der Waals surface area contributed by atoms with Gasteiger partial charge < -0.3 is 29.2 Å². The van der Waals surface area contributed by atoms with Crippen LogP contribution in [0.5, 0.6) is 5.75 Å². The fraction of sp³-hybridized carbons (Fsp3) is 0.455. The van der Waals surface area contributed by atoms with Gasteiger partial charge in [0.15, 0.2) is 0 Å². The number of carbonyl (C=O) groups excluding carboxylic acids is 2. The number of nitrogens with zero attached hydrogens (tertiary/aromatic N) is 3. The number of hydrogen-bond donors (Lipinski definition) is 1. The fourth-order valence-electron chi connectivity index (χ4n) is 3.23. The number of urea groups is 1. The summed E-state index contributed by atoms with van der Waals surface area (Å²) in [5, 5.41) is 2.85. The molecule has 2 aromatic rings. The average molecular weight is 415 g/mol. The molecule has 8 heteroatoms. The molecule has 0 spiro atoms. The number of nitrogens with one attached hydrogen (secondary N) is 1. The van der Waals surface area contributed by atoms with Crippen LogP contribution >= 0.6 is 0 Å². The number of hydrogen-bond acceptors (Lipinski definition) is 4. The highest BCUT2D eigenvalue weighted by Crippen LogP contribution is 2.28. The van der Waals surface area contributed by atoms with E-state index in [1.807, 2.05) is 34.8 Å². The van der Waals surface area contributed by atoms with E-state index in [9.17, 15) is 9.59 Å². The van der Waals surface area contributed by atoms with E-state index in [-0.39, 0.29) is 24.5 Å². The molecule has 1 heterocycles. The van der Waals surface area contributed by atoms with Crippen LogP contribution in [0.4, 0.5) is 10.5 Å². The molecule has 1 aliphatic rings. The highest BCUT2D eigenvalue weighted by atomic mass is 16.5. The first-order valence-corrected chi connectivity index (χ1v) is 10.1. The second-order valence-electron chi connectivity index (χ2n) is 7.44. The Morgan fingerprint density at radius 3 is 2.47 bits per heavy atom. The average Bonchev–Trinajstić information content (AvgIpc) is 3.51. The Labute approximate surface area is 177 Å². The molecular weight excluding hydrogens is 384 g/mol. The first kappa shape index (κ1) is 21.7. The molecule has 1 N–H and O–H groups in total. The molecule has 8 nitrogen and oxygen atoms in total. The minimum atomic E-state index is -0.333. The second-order valence-corrected chi connectivity index (χ2v) is 7.44. The Morgan fingerprint density at radius 1 is 1.17 bits per heavy atom. The third kappa shape index (κ3) is 5.76. The Bertz CT molecular complexity index is 845. The summed E-state index contributed by atoms with van der Waals surface area (Å²) in [6.07, 6.45) is 3.98. The predicted octanol–water partition coefficient (Wildman–Crippen LogP) is 2.71. The van der Waals surface area contributed by atoms with Crippen molar-refractivity contribution in [3.8, 4) is 5.75 Å². The standard InChI is InChI=1S/C22H30N4O4/c1-24-12-4-5-19(24)15-26(18-8-9-18)21(27)16-25(13-14-29-2)22(28)23-17-6-10-20(30-3)11-7-17/h4-7,10-12,18H,8-9,13-16H2,1-3H3,(H,23,28). The number of aryl methyl sites for hydroxylation is 1. The smallest absolute Gasteiger partial charge is 0.322 e. The lowest BCUT2D eigenvalue weighted by molar-refractivity contribution is -0.133. The van der Waals surface area contributed by atoms with E-state index in [4.69, 9.17) is 9.47 Å². The Morgan fingerprint density at radius 2 is 1.90 bits per heavy atom. The van der Waals surface area contributed by atoms with E-state index < -0.39 is 0 Å². The van der Waals surface area contributed by atoms with Gasteiger partial charge in [-0.1, -0.05) is 0 Å². The lowest BCUT2D eigenvalue weighted by Crippen LogP contribution is -2.46. The largest absolute Gasteiger partial charge is 0.497 e. The van der Waals surface area contributed by atoms with Crippen LogP contribution < -0.4 is 10.1 Å². The molecule has 0 bridgehead atoms. The molecule has 1 aromatic heterocycles. The van der Waals surface area contributed by atoms with Crippen molar-refractivity contribution in [1.29, 1.82) is 0 Å². The van der Waals surface area contributed by atoms with Crippen LogP contribution in [0.25, 0.3) is 0 Å². The van der Waals surface area contributed by atoms with Gasteiger partial charge in [0.25, 0.3) is 0 Å². The van der Waals surface area contributed by atoms with E-state index in [0.29, 0.717) is 31.1 Å². The van der Waals surface area contributed by atoms with E-state index in [1.165, 1.54) is 4.90 Å². The SMILES string of the molecule is COCCN(CC(=O)N(Cc1cccn1C)C1CC1)C(=O)Nc1ccc(OC)cc1. The maximum absolute atomic E-state index is 13.1. The maximum Gasteiger partial charge on any atom is 0.322 e. The summed E-state index contributed by atoms with van der Waals surface area (Å²) >= 11 is 0. The number of ether oxygens (including phenoxy) is 2. The molecule has 0 unspecified atom stereocenters. The molecule has 0 radical (unpaired) electrons. The Hall–Kier alpha value is -3.00. The third-order valence-corrected chi connectivity index (χ3v) is 5.21. The van der Waals surface area contributed by atoms with Gasteiger partial charge in [0.05, 0.1) is 20.3 Å². The van der Waals surface area contributed by atoms with E-state index in [2.05, 4.69) is 5.32 Å². The zero-order chi connectivity index (χ0) is 21.5. The predicted molar refractivity (Wildman–Crippen MR) is 114 cm³/mol. The van der Waals surface area contributed by atoms with Crippen molar-refractivity contribution < 1.29 is 19.1 Å². The number of carbonyl (C=O) groups is 2. The number of anilines is 1. The van der Waals surface area contributed by atoms with Gasteiger partial charge in [-0.05, 0) is 49.2 Å². The first-order valence-electron chi connectivity index (χ1n) is 10.1. The van der Waals surface area contributed by atoms with E-state index in [1.54, 1.807) is 38.5 Å². The topological polar surface area (TPSA) is 76.0 Å². The number of rotatable bonds is 10. The Kier molecular flexibility index (Phi) is 7.35. The fourth-order valence-corrected chi connectivity index (χ4v) is 3.23. The van der Waals surface area contributed by atoms with Crippen molar-refractivity contribution in [2.24, 2.45) is 7.05 Å². The van der Waals surface area contributed by atoms with Crippen molar-refractivity contribution in [2.75, 3.05) is 39.2 Å². The van der Waals surface area contributed by atoms with Gasteiger partial charge in [0.2, 0.25) is 5.91 Å². The normalized spacial score (nSPS) is 13.0. The molecule has 162 valence electrons. The minimum absolute atomic E-state index is 0.00622. The van der Waals surface area contributed by atoms with Crippen LogP contribution in [0.2, 0.25) is 0 Å². The Balaban J connectivity index is 1.66.